The van der Waals surface area contributed by atoms with Crippen LogP contribution >= 0.6 is 0 Å². The van der Waals surface area contributed by atoms with Crippen LogP contribution in [0.25, 0.3) is 5.57 Å². The molecule has 0 radical (unpaired) electrons. The summed E-state index contributed by atoms with van der Waals surface area (Å²) < 4.78 is 5.27. The second-order valence-corrected chi connectivity index (χ2v) is 6.63. The molecular formula is C24H20N2O3. The number of carbonyl (C=O) groups is 2. The van der Waals surface area contributed by atoms with Crippen LogP contribution in [-0.2, 0) is 9.59 Å². The first-order valence-corrected chi connectivity index (χ1v) is 9.23. The van der Waals surface area contributed by atoms with Crippen LogP contribution in [0.5, 0.6) is 5.75 Å². The van der Waals surface area contributed by atoms with Crippen molar-refractivity contribution in [1.82, 2.24) is 0 Å². The molecule has 1 aliphatic rings. The van der Waals surface area contributed by atoms with E-state index in [-0.39, 0.29) is 11.8 Å². The number of amides is 2. The smallest absolute Gasteiger partial charge is 0.282 e. The summed E-state index contributed by atoms with van der Waals surface area (Å²) in [6.07, 6.45) is 0. The fourth-order valence-corrected chi connectivity index (χ4v) is 3.46. The number of methoxy groups -OCH3 is 1. The van der Waals surface area contributed by atoms with E-state index in [0.717, 1.165) is 5.69 Å². The normalized spacial score (nSPS) is 13.8. The molecule has 1 heterocycles. The van der Waals surface area contributed by atoms with Gasteiger partial charge in [-0.1, -0.05) is 54.6 Å². The van der Waals surface area contributed by atoms with Gasteiger partial charge in [0.2, 0.25) is 0 Å². The Labute approximate surface area is 169 Å². The third-order valence-corrected chi connectivity index (χ3v) is 4.91. The average molecular weight is 384 g/mol. The highest BCUT2D eigenvalue weighted by molar-refractivity contribution is 6.46. The number of benzene rings is 3. The van der Waals surface area contributed by atoms with Crippen molar-refractivity contribution in [3.63, 3.8) is 0 Å². The quantitative estimate of drug-likeness (QED) is 0.621. The minimum Gasteiger partial charge on any atom is -0.497 e. The van der Waals surface area contributed by atoms with E-state index in [2.05, 4.69) is 0 Å². The Bertz CT molecular complexity index is 1090. The summed E-state index contributed by atoms with van der Waals surface area (Å²) in [5.41, 5.74) is 2.72. The zero-order chi connectivity index (χ0) is 20.4. The molecule has 0 N–H and O–H groups in total. The highest BCUT2D eigenvalue weighted by Gasteiger charge is 2.42. The summed E-state index contributed by atoms with van der Waals surface area (Å²) in [4.78, 5) is 29.9. The highest BCUT2D eigenvalue weighted by Crippen LogP contribution is 2.36. The number of imide groups is 1. The van der Waals surface area contributed by atoms with E-state index in [1.54, 1.807) is 43.3 Å². The lowest BCUT2D eigenvalue weighted by molar-refractivity contribution is -0.120. The molecule has 0 fully saturated rings. The molecule has 0 saturated carbocycles. The molecule has 5 nitrogen and oxygen atoms in total. The number of para-hydroxylation sites is 1. The summed E-state index contributed by atoms with van der Waals surface area (Å²) in [6.45, 7) is 0. The summed E-state index contributed by atoms with van der Waals surface area (Å²) in [5.74, 6) is -0.144. The molecule has 0 aromatic heterocycles. The van der Waals surface area contributed by atoms with Crippen molar-refractivity contribution in [2.75, 3.05) is 24.0 Å². The topological polar surface area (TPSA) is 49.9 Å². The van der Waals surface area contributed by atoms with Crippen LogP contribution in [0.15, 0.2) is 90.6 Å². The number of hydrogen-bond donors (Lipinski definition) is 0. The van der Waals surface area contributed by atoms with Crippen LogP contribution in [0.3, 0.4) is 0 Å². The minimum atomic E-state index is -0.367. The Hall–Kier alpha value is -3.86. The molecule has 3 aromatic rings. The molecule has 5 heteroatoms. The molecule has 2 amide bonds. The fourth-order valence-electron chi connectivity index (χ4n) is 3.46. The lowest BCUT2D eigenvalue weighted by Crippen LogP contribution is -2.34. The third kappa shape index (κ3) is 3.27. The predicted octanol–water partition coefficient (Wildman–Crippen LogP) is 4.12. The van der Waals surface area contributed by atoms with Crippen molar-refractivity contribution in [3.05, 3.63) is 96.2 Å². The summed E-state index contributed by atoms with van der Waals surface area (Å²) >= 11 is 0. The van der Waals surface area contributed by atoms with Gasteiger partial charge >= 0.3 is 0 Å². The maximum Gasteiger partial charge on any atom is 0.282 e. The third-order valence-electron chi connectivity index (χ3n) is 4.91. The number of rotatable bonds is 5. The van der Waals surface area contributed by atoms with Crippen LogP contribution in [0, 0.1) is 0 Å². The lowest BCUT2D eigenvalue weighted by atomic mass is 10.0. The van der Waals surface area contributed by atoms with E-state index in [0.29, 0.717) is 28.3 Å². The molecule has 29 heavy (non-hydrogen) atoms. The Balaban J connectivity index is 1.86. The van der Waals surface area contributed by atoms with E-state index in [4.69, 9.17) is 4.74 Å². The highest BCUT2D eigenvalue weighted by atomic mass is 16.5. The molecule has 0 aliphatic carbocycles. The van der Waals surface area contributed by atoms with Gasteiger partial charge in [-0.05, 0) is 29.8 Å². The first kappa shape index (κ1) is 18.5. The number of hydrogen-bond acceptors (Lipinski definition) is 4. The fraction of sp³-hybridized carbons (Fsp3) is 0.0833. The predicted molar refractivity (Wildman–Crippen MR) is 114 cm³/mol. The van der Waals surface area contributed by atoms with E-state index in [9.17, 15) is 9.59 Å². The van der Waals surface area contributed by atoms with Gasteiger partial charge in [0.1, 0.15) is 11.4 Å². The van der Waals surface area contributed by atoms with E-state index < -0.39 is 0 Å². The van der Waals surface area contributed by atoms with Gasteiger partial charge in [-0.25, -0.2) is 4.90 Å². The van der Waals surface area contributed by atoms with Gasteiger partial charge < -0.3 is 9.64 Å². The van der Waals surface area contributed by atoms with Crippen molar-refractivity contribution in [2.45, 2.75) is 0 Å². The van der Waals surface area contributed by atoms with E-state index in [1.165, 1.54) is 4.90 Å². The van der Waals surface area contributed by atoms with E-state index >= 15 is 0 Å². The largest absolute Gasteiger partial charge is 0.497 e. The molecule has 144 valence electrons. The zero-order valence-electron chi connectivity index (χ0n) is 16.2. The lowest BCUT2D eigenvalue weighted by Gasteiger charge is -2.21. The molecule has 0 saturated heterocycles. The summed E-state index contributed by atoms with van der Waals surface area (Å²) in [6, 6.07) is 25.7. The molecule has 4 rings (SSSR count). The SMILES string of the molecule is COc1cccc(N2C(=O)C(c3ccccc3)=C(N(C)c3ccccc3)C2=O)c1. The summed E-state index contributed by atoms with van der Waals surface area (Å²) in [7, 11) is 3.35. The minimum absolute atomic E-state index is 0.343. The molecular weight excluding hydrogens is 364 g/mol. The Morgan fingerprint density at radius 2 is 1.45 bits per heavy atom. The van der Waals surface area contributed by atoms with Gasteiger partial charge in [0.05, 0.1) is 18.4 Å². The number of likely N-dealkylation sites (N-methyl/N-ethyl adjacent to an activating group) is 1. The van der Waals surface area contributed by atoms with Crippen LogP contribution in [0.2, 0.25) is 0 Å². The van der Waals surface area contributed by atoms with Gasteiger partial charge in [0.15, 0.2) is 0 Å². The second kappa shape index (κ2) is 7.64. The second-order valence-electron chi connectivity index (χ2n) is 6.63. The standard InChI is InChI=1S/C24H20N2O3/c1-25(18-12-7-4-8-13-18)22-21(17-10-5-3-6-11-17)23(27)26(24(22)28)19-14-9-15-20(16-19)29-2/h3-16H,1-2H3. The van der Waals surface area contributed by atoms with E-state index in [1.807, 2.05) is 60.7 Å². The average Bonchev–Trinajstić information content (AvgIpc) is 3.04. The molecule has 0 unspecified atom stereocenters. The molecule has 1 aliphatic heterocycles. The summed E-state index contributed by atoms with van der Waals surface area (Å²) in [5, 5.41) is 0. The Morgan fingerprint density at radius 1 is 0.793 bits per heavy atom. The van der Waals surface area contributed by atoms with Crippen molar-refractivity contribution in [2.24, 2.45) is 0 Å². The van der Waals surface area contributed by atoms with Crippen LogP contribution in [0.1, 0.15) is 5.56 Å². The first-order valence-electron chi connectivity index (χ1n) is 9.23. The molecule has 0 spiro atoms. The number of ether oxygens (including phenoxy) is 1. The van der Waals surface area contributed by atoms with Crippen LogP contribution in [-0.4, -0.2) is 26.0 Å². The van der Waals surface area contributed by atoms with Gasteiger partial charge in [-0.2, -0.15) is 0 Å². The Morgan fingerprint density at radius 3 is 2.10 bits per heavy atom. The monoisotopic (exact) mass is 384 g/mol. The number of anilines is 2. The van der Waals surface area contributed by atoms with Crippen molar-refractivity contribution in [1.29, 1.82) is 0 Å². The Kier molecular flexibility index (Phi) is 4.87. The molecule has 3 aromatic carbocycles. The molecule has 0 atom stereocenters. The molecule has 0 bridgehead atoms. The maximum atomic E-state index is 13.5. The number of nitrogens with zero attached hydrogens (tertiary/aromatic N) is 2. The van der Waals surface area contributed by atoms with Crippen molar-refractivity contribution >= 4 is 28.8 Å². The van der Waals surface area contributed by atoms with Crippen LogP contribution in [0.4, 0.5) is 11.4 Å². The number of carbonyl (C=O) groups excluding carboxylic acids is 2. The van der Waals surface area contributed by atoms with Gasteiger partial charge in [-0.15, -0.1) is 0 Å². The van der Waals surface area contributed by atoms with Crippen LogP contribution < -0.4 is 14.5 Å². The van der Waals surface area contributed by atoms with Crippen molar-refractivity contribution in [3.8, 4) is 5.75 Å². The van der Waals surface area contributed by atoms with Gasteiger partial charge in [0, 0.05) is 18.8 Å². The van der Waals surface area contributed by atoms with Gasteiger partial charge in [-0.3, -0.25) is 9.59 Å². The first-order chi connectivity index (χ1) is 14.1. The zero-order valence-corrected chi connectivity index (χ0v) is 16.2. The van der Waals surface area contributed by atoms with Crippen molar-refractivity contribution < 1.29 is 14.3 Å². The van der Waals surface area contributed by atoms with Gasteiger partial charge in [0.25, 0.3) is 11.8 Å². The maximum absolute atomic E-state index is 13.5.